The third-order valence-electron chi connectivity index (χ3n) is 9.65. The minimum absolute atomic E-state index is 0.0314. The first-order chi connectivity index (χ1) is 24.7. The molecule has 3 aromatic carbocycles. The average molecular weight is 691 g/mol. The maximum Gasteiger partial charge on any atom is 0.258 e. The molecule has 1 fully saturated rings. The summed E-state index contributed by atoms with van der Waals surface area (Å²) in [6, 6.07) is 14.7. The van der Waals surface area contributed by atoms with E-state index in [2.05, 4.69) is 6.58 Å². The first-order valence-corrected chi connectivity index (χ1v) is 17.3. The summed E-state index contributed by atoms with van der Waals surface area (Å²) in [5, 5.41) is 0. The minimum atomic E-state index is -0.216. The van der Waals surface area contributed by atoms with Gasteiger partial charge in [-0.3, -0.25) is 14.6 Å². The molecule has 2 aliphatic heterocycles. The van der Waals surface area contributed by atoms with Crippen molar-refractivity contribution in [3.8, 4) is 23.0 Å². The molecule has 2 atom stereocenters. The molecular weight excluding hydrogens is 644 g/mol. The fourth-order valence-corrected chi connectivity index (χ4v) is 6.54. The molecule has 0 saturated heterocycles. The number of nitrogens with two attached hydrogens (primary N) is 1. The molecule has 10 nitrogen and oxygen atoms in total. The number of carbonyl (C=O) groups excluding carboxylic acids is 2. The first kappa shape index (κ1) is 35.3. The van der Waals surface area contributed by atoms with Crippen LogP contribution in [0.3, 0.4) is 0 Å². The predicted molar refractivity (Wildman–Crippen MR) is 200 cm³/mol. The van der Waals surface area contributed by atoms with E-state index in [4.69, 9.17) is 29.7 Å². The third kappa shape index (κ3) is 7.95. The number of methoxy groups -OCH3 is 2. The van der Waals surface area contributed by atoms with Gasteiger partial charge in [-0.2, -0.15) is 0 Å². The third-order valence-corrected chi connectivity index (χ3v) is 9.65. The Hall–Kier alpha value is -5.51. The van der Waals surface area contributed by atoms with Crippen molar-refractivity contribution in [3.05, 3.63) is 101 Å². The molecule has 2 N–H and O–H groups in total. The predicted octanol–water partition coefficient (Wildman–Crippen LogP) is 7.42. The topological polar surface area (TPSA) is 116 Å². The zero-order valence-corrected chi connectivity index (χ0v) is 29.8. The van der Waals surface area contributed by atoms with E-state index in [0.29, 0.717) is 66.2 Å². The van der Waals surface area contributed by atoms with Crippen LogP contribution in [0.25, 0.3) is 5.57 Å². The molecule has 2 amide bonds. The van der Waals surface area contributed by atoms with Gasteiger partial charge >= 0.3 is 0 Å². The number of nitrogen functional groups attached to an aromatic ring is 1. The fourth-order valence-electron chi connectivity index (χ4n) is 6.54. The first-order valence-electron chi connectivity index (χ1n) is 17.3. The lowest BCUT2D eigenvalue weighted by molar-refractivity contribution is -0.116. The lowest BCUT2D eigenvalue weighted by Crippen LogP contribution is -2.31. The highest BCUT2D eigenvalue weighted by molar-refractivity contribution is 5.97. The Labute approximate surface area is 299 Å². The molecule has 2 unspecified atom stereocenters. The molecule has 6 rings (SSSR count). The van der Waals surface area contributed by atoms with E-state index in [1.165, 1.54) is 18.4 Å². The van der Waals surface area contributed by atoms with Gasteiger partial charge in [-0.25, -0.2) is 0 Å². The van der Waals surface area contributed by atoms with Crippen molar-refractivity contribution in [2.45, 2.75) is 58.0 Å². The summed E-state index contributed by atoms with van der Waals surface area (Å²) in [4.78, 5) is 33.7. The number of anilines is 1. The van der Waals surface area contributed by atoms with E-state index >= 15 is 0 Å². The summed E-state index contributed by atoms with van der Waals surface area (Å²) in [6.07, 6.45) is 12.8. The second kappa shape index (κ2) is 15.6. The van der Waals surface area contributed by atoms with Gasteiger partial charge in [0.15, 0.2) is 23.0 Å². The number of aliphatic imine (C=N–C) groups is 1. The Bertz CT molecular complexity index is 1880. The Kier molecular flexibility index (Phi) is 10.8. The van der Waals surface area contributed by atoms with Crippen molar-refractivity contribution >= 4 is 35.5 Å². The number of rotatable bonds is 15. The highest BCUT2D eigenvalue weighted by atomic mass is 16.5. The fraction of sp³-hybridized carbons (Fsp3) is 0.341. The minimum Gasteiger partial charge on any atom is -0.493 e. The van der Waals surface area contributed by atoms with Crippen LogP contribution in [-0.4, -0.2) is 67.8 Å². The van der Waals surface area contributed by atoms with Crippen LogP contribution in [-0.2, 0) is 4.79 Å². The second-order valence-corrected chi connectivity index (χ2v) is 13.2. The SMILES string of the molecule is C=CC1CC(C2CC2)=CN1C(=O)c1cc(OC)c(OCCCOc2cc(/N=C\C3CC(c4ccc(N)cc4)=CN3C=O)c(C)cc2OC)cc1C. The highest BCUT2D eigenvalue weighted by Gasteiger charge is 2.36. The summed E-state index contributed by atoms with van der Waals surface area (Å²) in [5.74, 6) is 2.77. The molecule has 51 heavy (non-hydrogen) atoms. The molecule has 266 valence electrons. The zero-order valence-electron chi connectivity index (χ0n) is 29.8. The van der Waals surface area contributed by atoms with E-state index in [-0.39, 0.29) is 18.0 Å². The summed E-state index contributed by atoms with van der Waals surface area (Å²) in [5.41, 5.74) is 13.0. The number of nitrogens with zero attached hydrogens (tertiary/aromatic N) is 3. The zero-order chi connectivity index (χ0) is 36.1. The quantitative estimate of drug-likeness (QED) is 0.0580. The van der Waals surface area contributed by atoms with E-state index < -0.39 is 0 Å². The van der Waals surface area contributed by atoms with Gasteiger partial charge in [0.05, 0.1) is 45.2 Å². The Morgan fingerprint density at radius 3 is 2.22 bits per heavy atom. The Balaban J connectivity index is 1.06. The normalized spacial score (nSPS) is 18.4. The number of hydrogen-bond acceptors (Lipinski definition) is 8. The van der Waals surface area contributed by atoms with E-state index in [9.17, 15) is 9.59 Å². The molecule has 0 radical (unpaired) electrons. The lowest BCUT2D eigenvalue weighted by Gasteiger charge is -2.22. The van der Waals surface area contributed by atoms with Crippen molar-refractivity contribution in [1.29, 1.82) is 0 Å². The Morgan fingerprint density at radius 1 is 0.902 bits per heavy atom. The summed E-state index contributed by atoms with van der Waals surface area (Å²) < 4.78 is 23.5. The van der Waals surface area contributed by atoms with Gasteiger partial charge in [-0.05, 0) is 97.2 Å². The largest absolute Gasteiger partial charge is 0.493 e. The van der Waals surface area contributed by atoms with Gasteiger partial charge in [-0.1, -0.05) is 18.2 Å². The van der Waals surface area contributed by atoms with Gasteiger partial charge in [0.25, 0.3) is 5.91 Å². The summed E-state index contributed by atoms with van der Waals surface area (Å²) >= 11 is 0. The van der Waals surface area contributed by atoms with Gasteiger partial charge in [0.2, 0.25) is 6.41 Å². The van der Waals surface area contributed by atoms with Crippen molar-refractivity contribution in [3.63, 3.8) is 0 Å². The molecule has 0 spiro atoms. The number of ether oxygens (including phenoxy) is 4. The van der Waals surface area contributed by atoms with Crippen molar-refractivity contribution < 1.29 is 28.5 Å². The van der Waals surface area contributed by atoms with Crippen LogP contribution in [0.15, 0.2) is 84.2 Å². The molecule has 2 heterocycles. The molecule has 1 aliphatic carbocycles. The van der Waals surface area contributed by atoms with Gasteiger partial charge in [0, 0.05) is 48.8 Å². The van der Waals surface area contributed by atoms with Gasteiger partial charge in [0.1, 0.15) is 0 Å². The van der Waals surface area contributed by atoms with Crippen LogP contribution in [0.1, 0.15) is 59.2 Å². The monoisotopic (exact) mass is 690 g/mol. The second-order valence-electron chi connectivity index (χ2n) is 13.2. The smallest absolute Gasteiger partial charge is 0.258 e. The maximum atomic E-state index is 13.6. The van der Waals surface area contributed by atoms with Crippen LogP contribution in [0, 0.1) is 19.8 Å². The number of hydrogen-bond donors (Lipinski definition) is 1. The number of benzene rings is 3. The van der Waals surface area contributed by atoms with Crippen LogP contribution in [0.2, 0.25) is 0 Å². The maximum absolute atomic E-state index is 13.6. The van der Waals surface area contributed by atoms with Crippen molar-refractivity contribution in [2.24, 2.45) is 10.9 Å². The molecule has 1 saturated carbocycles. The molecule has 0 aromatic heterocycles. The molecule has 10 heteroatoms. The van der Waals surface area contributed by atoms with Crippen molar-refractivity contribution in [2.75, 3.05) is 33.2 Å². The summed E-state index contributed by atoms with van der Waals surface area (Å²) in [6.45, 7) is 8.57. The molecule has 0 bridgehead atoms. The van der Waals surface area contributed by atoms with E-state index in [1.807, 2.05) is 74.8 Å². The molecular formula is C41H46N4O6. The van der Waals surface area contributed by atoms with Crippen LogP contribution in [0.4, 0.5) is 11.4 Å². The van der Waals surface area contributed by atoms with Crippen LogP contribution >= 0.6 is 0 Å². The standard InChI is InChI=1S/C41H46N4O6/c1-6-33-18-31(28-8-9-28)24-45(33)41(47)35-20-38(49-5)39(16-26(35)2)50-14-7-15-51-40-21-36(27(3)17-37(40)48-4)43-22-34-19-30(23-44(34)25-46)29-10-12-32(42)13-11-29/h6,10-13,16-17,20-25,28,33-34H,1,7-9,14-15,18-19,42H2,2-5H3/b43-22-. The van der Waals surface area contributed by atoms with E-state index in [1.54, 1.807) is 36.3 Å². The van der Waals surface area contributed by atoms with Gasteiger partial charge in [-0.15, -0.1) is 6.58 Å². The number of amides is 2. The van der Waals surface area contributed by atoms with Crippen LogP contribution in [0.5, 0.6) is 23.0 Å². The molecule has 3 aliphatic rings. The van der Waals surface area contributed by atoms with Gasteiger partial charge < -0.3 is 34.5 Å². The highest BCUT2D eigenvalue weighted by Crippen LogP contribution is 2.43. The Morgan fingerprint density at radius 2 is 1.57 bits per heavy atom. The number of aryl methyl sites for hydroxylation is 2. The van der Waals surface area contributed by atoms with E-state index in [0.717, 1.165) is 40.8 Å². The number of carbonyl (C=O) groups is 2. The summed E-state index contributed by atoms with van der Waals surface area (Å²) in [7, 11) is 3.18. The van der Waals surface area contributed by atoms with Crippen LogP contribution < -0.4 is 24.7 Å². The molecule has 3 aromatic rings. The lowest BCUT2D eigenvalue weighted by atomic mass is 10.0. The van der Waals surface area contributed by atoms with Crippen molar-refractivity contribution in [1.82, 2.24) is 9.80 Å². The average Bonchev–Trinajstić information content (AvgIpc) is 3.76.